The SMILES string of the molecule is O=C(Nc1cnc2ccccc2c1)[C@H]1CC(=O)N(c2cccc(C(F)(F)F)c2)C1. The second kappa shape index (κ2) is 7.20. The highest BCUT2D eigenvalue weighted by molar-refractivity contribution is 6.04. The van der Waals surface area contributed by atoms with Crippen molar-refractivity contribution in [3.05, 3.63) is 66.4 Å². The van der Waals surface area contributed by atoms with Crippen molar-refractivity contribution in [1.29, 1.82) is 0 Å². The Bertz CT molecular complexity index is 1100. The Morgan fingerprint density at radius 3 is 2.69 bits per heavy atom. The van der Waals surface area contributed by atoms with Gasteiger partial charge in [-0.1, -0.05) is 24.3 Å². The van der Waals surface area contributed by atoms with E-state index in [4.69, 9.17) is 0 Å². The highest BCUT2D eigenvalue weighted by atomic mass is 19.4. The lowest BCUT2D eigenvalue weighted by Gasteiger charge is -2.18. The van der Waals surface area contributed by atoms with Gasteiger partial charge in [0.2, 0.25) is 11.8 Å². The number of para-hydroxylation sites is 1. The lowest BCUT2D eigenvalue weighted by molar-refractivity contribution is -0.137. The molecular formula is C21H16F3N3O2. The molecule has 4 rings (SSSR count). The Kier molecular flexibility index (Phi) is 4.70. The molecule has 0 spiro atoms. The molecule has 1 N–H and O–H groups in total. The highest BCUT2D eigenvalue weighted by Crippen LogP contribution is 2.33. The number of carbonyl (C=O) groups excluding carboxylic acids is 2. The Morgan fingerprint density at radius 1 is 1.10 bits per heavy atom. The molecule has 2 aromatic carbocycles. The monoisotopic (exact) mass is 399 g/mol. The second-order valence-corrected chi connectivity index (χ2v) is 6.86. The van der Waals surface area contributed by atoms with Gasteiger partial charge in [-0.15, -0.1) is 0 Å². The molecule has 5 nitrogen and oxygen atoms in total. The van der Waals surface area contributed by atoms with Gasteiger partial charge < -0.3 is 10.2 Å². The van der Waals surface area contributed by atoms with Crippen LogP contribution >= 0.6 is 0 Å². The van der Waals surface area contributed by atoms with Gasteiger partial charge >= 0.3 is 6.18 Å². The summed E-state index contributed by atoms with van der Waals surface area (Å²) >= 11 is 0. The van der Waals surface area contributed by atoms with E-state index in [1.54, 1.807) is 6.07 Å². The van der Waals surface area contributed by atoms with E-state index >= 15 is 0 Å². The van der Waals surface area contributed by atoms with Crippen LogP contribution in [0.4, 0.5) is 24.5 Å². The molecule has 8 heteroatoms. The number of nitrogens with zero attached hydrogens (tertiary/aromatic N) is 2. The van der Waals surface area contributed by atoms with Crippen LogP contribution in [0.5, 0.6) is 0 Å². The van der Waals surface area contributed by atoms with Crippen molar-refractivity contribution in [2.24, 2.45) is 5.92 Å². The summed E-state index contributed by atoms with van der Waals surface area (Å²) < 4.78 is 38.8. The maximum absolute atomic E-state index is 12.9. The molecule has 1 fully saturated rings. The summed E-state index contributed by atoms with van der Waals surface area (Å²) in [6.45, 7) is 0.0208. The van der Waals surface area contributed by atoms with E-state index in [1.165, 1.54) is 23.2 Å². The molecule has 2 heterocycles. The molecule has 1 aromatic heterocycles. The fourth-order valence-corrected chi connectivity index (χ4v) is 3.37. The Hall–Kier alpha value is -3.42. The molecule has 29 heavy (non-hydrogen) atoms. The van der Waals surface area contributed by atoms with E-state index in [1.807, 2.05) is 24.3 Å². The maximum Gasteiger partial charge on any atom is 0.416 e. The van der Waals surface area contributed by atoms with Gasteiger partial charge in [-0.05, 0) is 30.3 Å². The van der Waals surface area contributed by atoms with Crippen LogP contribution in [0.25, 0.3) is 10.9 Å². The van der Waals surface area contributed by atoms with E-state index in [0.717, 1.165) is 23.0 Å². The van der Waals surface area contributed by atoms with Crippen LogP contribution in [-0.4, -0.2) is 23.3 Å². The number of fused-ring (bicyclic) bond motifs is 1. The number of carbonyl (C=O) groups is 2. The summed E-state index contributed by atoms with van der Waals surface area (Å²) in [4.78, 5) is 30.4. The van der Waals surface area contributed by atoms with Crippen LogP contribution in [-0.2, 0) is 15.8 Å². The minimum absolute atomic E-state index is 0.0208. The number of nitrogens with one attached hydrogen (secondary N) is 1. The predicted molar refractivity (Wildman–Crippen MR) is 102 cm³/mol. The van der Waals surface area contributed by atoms with Gasteiger partial charge in [-0.3, -0.25) is 14.6 Å². The van der Waals surface area contributed by atoms with Gasteiger partial charge in [0.1, 0.15) is 0 Å². The Balaban J connectivity index is 1.49. The molecule has 3 aromatic rings. The quantitative estimate of drug-likeness (QED) is 0.717. The van der Waals surface area contributed by atoms with Crippen LogP contribution in [0.3, 0.4) is 0 Å². The van der Waals surface area contributed by atoms with Crippen molar-refractivity contribution in [1.82, 2.24) is 4.98 Å². The van der Waals surface area contributed by atoms with Crippen molar-refractivity contribution in [3.8, 4) is 0 Å². The largest absolute Gasteiger partial charge is 0.416 e. The molecule has 0 unspecified atom stereocenters. The molecule has 2 amide bonds. The standard InChI is InChI=1S/C21H16F3N3O2/c22-21(23,24)15-5-3-6-17(10-15)27-12-14(9-19(27)28)20(29)26-16-8-13-4-1-2-7-18(13)25-11-16/h1-8,10-11,14H,9,12H2,(H,26,29)/t14-/m0/s1. The Morgan fingerprint density at radius 2 is 1.90 bits per heavy atom. The van der Waals surface area contributed by atoms with Gasteiger partial charge in [0.05, 0.1) is 28.9 Å². The van der Waals surface area contributed by atoms with Gasteiger partial charge in [-0.25, -0.2) is 0 Å². The number of benzene rings is 2. The summed E-state index contributed by atoms with van der Waals surface area (Å²) in [7, 11) is 0. The molecule has 148 valence electrons. The van der Waals surface area contributed by atoms with Gasteiger partial charge in [-0.2, -0.15) is 13.2 Å². The first kappa shape index (κ1) is 18.9. The van der Waals surface area contributed by atoms with E-state index < -0.39 is 17.7 Å². The summed E-state index contributed by atoms with van der Waals surface area (Å²) in [5.41, 5.74) is 0.585. The fourth-order valence-electron chi connectivity index (χ4n) is 3.37. The van der Waals surface area contributed by atoms with Crippen LogP contribution in [0, 0.1) is 5.92 Å². The van der Waals surface area contributed by atoms with Gasteiger partial charge in [0.15, 0.2) is 0 Å². The summed E-state index contributed by atoms with van der Waals surface area (Å²) in [5, 5.41) is 3.60. The van der Waals surface area contributed by atoms with Crippen molar-refractivity contribution in [2.45, 2.75) is 12.6 Å². The number of alkyl halides is 3. The van der Waals surface area contributed by atoms with Crippen molar-refractivity contribution in [3.63, 3.8) is 0 Å². The topological polar surface area (TPSA) is 62.3 Å². The number of hydrogen-bond donors (Lipinski definition) is 1. The first-order valence-electron chi connectivity index (χ1n) is 8.94. The van der Waals surface area contributed by atoms with E-state index in [9.17, 15) is 22.8 Å². The van der Waals surface area contributed by atoms with E-state index in [-0.39, 0.29) is 30.5 Å². The summed E-state index contributed by atoms with van der Waals surface area (Å²) in [6, 6.07) is 13.8. The molecular weight excluding hydrogens is 383 g/mol. The zero-order valence-electron chi connectivity index (χ0n) is 15.1. The molecule has 0 aliphatic carbocycles. The number of anilines is 2. The van der Waals surface area contributed by atoms with Crippen LogP contribution in [0.1, 0.15) is 12.0 Å². The van der Waals surface area contributed by atoms with Crippen molar-refractivity contribution in [2.75, 3.05) is 16.8 Å². The molecule has 0 saturated carbocycles. The predicted octanol–water partition coefficient (Wildman–Crippen LogP) is 4.25. The molecule has 0 bridgehead atoms. The lowest BCUT2D eigenvalue weighted by Crippen LogP contribution is -2.28. The van der Waals surface area contributed by atoms with Crippen LogP contribution < -0.4 is 10.2 Å². The lowest BCUT2D eigenvalue weighted by atomic mass is 10.1. The zero-order valence-corrected chi connectivity index (χ0v) is 15.1. The number of amides is 2. The second-order valence-electron chi connectivity index (χ2n) is 6.86. The molecule has 1 saturated heterocycles. The van der Waals surface area contributed by atoms with E-state index in [0.29, 0.717) is 5.69 Å². The third-order valence-electron chi connectivity index (χ3n) is 4.84. The average molecular weight is 399 g/mol. The number of pyridine rings is 1. The van der Waals surface area contributed by atoms with Crippen LogP contribution in [0.15, 0.2) is 60.8 Å². The fraction of sp³-hybridized carbons (Fsp3) is 0.190. The molecule has 1 aliphatic rings. The smallest absolute Gasteiger partial charge is 0.324 e. The summed E-state index contributed by atoms with van der Waals surface area (Å²) in [6.07, 6.45) is -3.04. The number of halogens is 3. The zero-order chi connectivity index (χ0) is 20.6. The third kappa shape index (κ3) is 3.91. The van der Waals surface area contributed by atoms with Crippen molar-refractivity contribution < 1.29 is 22.8 Å². The van der Waals surface area contributed by atoms with Crippen LogP contribution in [0.2, 0.25) is 0 Å². The number of aromatic nitrogens is 1. The van der Waals surface area contributed by atoms with Gasteiger partial charge in [0, 0.05) is 24.0 Å². The number of hydrogen-bond acceptors (Lipinski definition) is 3. The molecule has 0 radical (unpaired) electrons. The average Bonchev–Trinajstić information content (AvgIpc) is 3.09. The van der Waals surface area contributed by atoms with Crippen molar-refractivity contribution >= 4 is 34.1 Å². The third-order valence-corrected chi connectivity index (χ3v) is 4.84. The maximum atomic E-state index is 12.9. The summed E-state index contributed by atoms with van der Waals surface area (Å²) in [5.74, 6) is -1.42. The minimum Gasteiger partial charge on any atom is -0.324 e. The first-order valence-corrected chi connectivity index (χ1v) is 8.94. The normalized spacial score (nSPS) is 17.0. The van der Waals surface area contributed by atoms with Gasteiger partial charge in [0.25, 0.3) is 0 Å². The Labute approximate surface area is 164 Å². The molecule has 1 aliphatic heterocycles. The highest BCUT2D eigenvalue weighted by Gasteiger charge is 2.37. The first-order chi connectivity index (χ1) is 13.8. The minimum atomic E-state index is -4.50. The number of rotatable bonds is 3. The molecule has 1 atom stereocenters. The van der Waals surface area contributed by atoms with E-state index in [2.05, 4.69) is 10.3 Å².